The minimum atomic E-state index is -0.812. The number of hydrogen-bond acceptors (Lipinski definition) is 5. The second kappa shape index (κ2) is 42.9. The molecule has 0 saturated carbocycles. The number of esters is 1. The van der Waals surface area contributed by atoms with Crippen molar-refractivity contribution in [1.29, 1.82) is 0 Å². The van der Waals surface area contributed by atoms with Crippen molar-refractivity contribution in [3.8, 4) is 0 Å². The molecule has 6 nitrogen and oxygen atoms in total. The van der Waals surface area contributed by atoms with E-state index in [2.05, 4.69) is 99.0 Å². The highest BCUT2D eigenvalue weighted by molar-refractivity contribution is 5.77. The summed E-state index contributed by atoms with van der Waals surface area (Å²) >= 11 is 0. The molecule has 0 bridgehead atoms. The monoisotopic (exact) mass is 778 g/mol. The maximum atomic E-state index is 13.1. The van der Waals surface area contributed by atoms with E-state index in [-0.39, 0.29) is 31.3 Å². The summed E-state index contributed by atoms with van der Waals surface area (Å²) in [6.45, 7) is 6.16. The summed E-state index contributed by atoms with van der Waals surface area (Å²) in [7, 11) is 0. The topological polar surface area (TPSA) is 95.9 Å². The zero-order valence-corrected chi connectivity index (χ0v) is 36.0. The zero-order valence-electron chi connectivity index (χ0n) is 36.0. The maximum Gasteiger partial charge on any atom is 0.306 e. The normalized spacial score (nSPS) is 14.3. The van der Waals surface area contributed by atoms with Gasteiger partial charge in [0.1, 0.15) is 6.10 Å². The molecule has 0 aliphatic carbocycles. The first kappa shape index (κ1) is 52.8. The molecule has 0 fully saturated rings. The number of amides is 1. The molecule has 0 aromatic carbocycles. The predicted octanol–water partition coefficient (Wildman–Crippen LogP) is 13.0. The van der Waals surface area contributed by atoms with Crippen LogP contribution in [0.25, 0.3) is 0 Å². The Morgan fingerprint density at radius 2 is 1.05 bits per heavy atom. The van der Waals surface area contributed by atoms with Crippen molar-refractivity contribution in [3.63, 3.8) is 0 Å². The fourth-order valence-corrected chi connectivity index (χ4v) is 6.12. The van der Waals surface area contributed by atoms with Gasteiger partial charge in [0.2, 0.25) is 5.91 Å². The van der Waals surface area contributed by atoms with Crippen molar-refractivity contribution >= 4 is 11.9 Å². The third-order valence-corrected chi connectivity index (χ3v) is 9.48. The van der Waals surface area contributed by atoms with Gasteiger partial charge in [-0.05, 0) is 77.0 Å². The number of carbonyl (C=O) groups is 2. The molecule has 3 N–H and O–H groups in total. The van der Waals surface area contributed by atoms with Crippen LogP contribution in [0.2, 0.25) is 0 Å². The highest BCUT2D eigenvalue weighted by atomic mass is 16.5. The Hall–Kier alpha value is -3.22. The van der Waals surface area contributed by atoms with Crippen LogP contribution in [-0.2, 0) is 14.3 Å². The van der Waals surface area contributed by atoms with E-state index >= 15 is 0 Å². The van der Waals surface area contributed by atoms with Gasteiger partial charge in [-0.2, -0.15) is 0 Å². The van der Waals surface area contributed by atoms with Crippen molar-refractivity contribution < 1.29 is 24.5 Å². The van der Waals surface area contributed by atoms with Gasteiger partial charge in [0.15, 0.2) is 0 Å². The number of aliphatic hydroxyl groups is 2. The molecule has 3 atom stereocenters. The summed E-state index contributed by atoms with van der Waals surface area (Å²) in [5.41, 5.74) is 0. The summed E-state index contributed by atoms with van der Waals surface area (Å²) in [5.74, 6) is -0.622. The SMILES string of the molecule is CC/C=C/C=C/C=C\CCCCCC(CC(=O)NC(CO)C(O)CCCCCCCCCCCC)OC(=O)CC/C=C/C/C=C/C/C=C/C/C=C/C/C=C/CC. The molecule has 318 valence electrons. The first-order valence-corrected chi connectivity index (χ1v) is 22.5. The van der Waals surface area contributed by atoms with Gasteiger partial charge >= 0.3 is 5.97 Å². The van der Waals surface area contributed by atoms with Gasteiger partial charge in [0, 0.05) is 6.42 Å². The van der Waals surface area contributed by atoms with E-state index in [0.717, 1.165) is 83.5 Å². The maximum absolute atomic E-state index is 13.1. The Morgan fingerprint density at radius 1 is 0.554 bits per heavy atom. The van der Waals surface area contributed by atoms with Crippen LogP contribution in [0.4, 0.5) is 0 Å². The second-order valence-electron chi connectivity index (χ2n) is 14.7. The van der Waals surface area contributed by atoms with E-state index in [9.17, 15) is 19.8 Å². The fraction of sp³-hybridized carbons (Fsp3) is 0.640. The van der Waals surface area contributed by atoms with E-state index in [1.807, 2.05) is 24.3 Å². The molecule has 0 aromatic rings. The quantitative estimate of drug-likeness (QED) is 0.0251. The van der Waals surface area contributed by atoms with E-state index in [1.165, 1.54) is 44.9 Å². The van der Waals surface area contributed by atoms with Crippen LogP contribution < -0.4 is 5.32 Å². The van der Waals surface area contributed by atoms with Crippen LogP contribution in [0, 0.1) is 0 Å². The molecule has 0 heterocycles. The predicted molar refractivity (Wildman–Crippen MR) is 240 cm³/mol. The van der Waals surface area contributed by atoms with Crippen LogP contribution >= 0.6 is 0 Å². The van der Waals surface area contributed by atoms with Crippen LogP contribution in [0.3, 0.4) is 0 Å². The van der Waals surface area contributed by atoms with Crippen molar-refractivity contribution in [3.05, 3.63) is 97.2 Å². The summed E-state index contributed by atoms with van der Waals surface area (Å²) in [5, 5.41) is 23.6. The molecule has 3 unspecified atom stereocenters. The summed E-state index contributed by atoms with van der Waals surface area (Å²) in [6, 6.07) is -0.731. The van der Waals surface area contributed by atoms with Gasteiger partial charge in [0.05, 0.1) is 25.2 Å². The Balaban J connectivity index is 4.77. The van der Waals surface area contributed by atoms with Gasteiger partial charge < -0.3 is 20.3 Å². The molecule has 0 rings (SSSR count). The molecular weight excluding hydrogens is 695 g/mol. The largest absolute Gasteiger partial charge is 0.462 e. The molecule has 0 aliphatic heterocycles. The van der Waals surface area contributed by atoms with Crippen molar-refractivity contribution in [2.45, 2.75) is 200 Å². The number of allylic oxidation sites excluding steroid dienone is 16. The highest BCUT2D eigenvalue weighted by Gasteiger charge is 2.23. The lowest BCUT2D eigenvalue weighted by Gasteiger charge is -2.24. The lowest BCUT2D eigenvalue weighted by molar-refractivity contribution is -0.150. The average molecular weight is 778 g/mol. The van der Waals surface area contributed by atoms with Gasteiger partial charge in [-0.15, -0.1) is 0 Å². The number of carbonyl (C=O) groups excluding carboxylic acids is 2. The van der Waals surface area contributed by atoms with Gasteiger partial charge in [-0.1, -0.05) is 189 Å². The van der Waals surface area contributed by atoms with Crippen molar-refractivity contribution in [2.75, 3.05) is 6.61 Å². The van der Waals surface area contributed by atoms with Gasteiger partial charge in [0.25, 0.3) is 0 Å². The van der Waals surface area contributed by atoms with Gasteiger partial charge in [-0.25, -0.2) is 0 Å². The zero-order chi connectivity index (χ0) is 41.0. The standard InChI is InChI=1S/C50H83NO5/c1-4-7-10-13-16-19-22-23-24-25-26-28-31-34-37-40-43-50(55)56-46(41-38-35-32-29-27-20-17-14-11-8-5-2)44-49(54)51-47(45-52)48(53)42-39-36-33-30-21-18-15-12-9-6-3/h7-8,10-11,14,16-17,19-20,23-24,26-28,34,37,46-48,52-53H,4-6,9,12-13,15,18,21-22,25,29-33,35-36,38-45H2,1-3H3,(H,51,54)/b10-7+,11-8+,17-14+,19-16+,24-23+,27-20-,28-26+,37-34+. The van der Waals surface area contributed by atoms with E-state index in [4.69, 9.17) is 4.74 Å². The number of hydrogen-bond donors (Lipinski definition) is 3. The van der Waals surface area contributed by atoms with Crippen molar-refractivity contribution in [2.24, 2.45) is 0 Å². The average Bonchev–Trinajstić information content (AvgIpc) is 3.19. The Kier molecular flexibility index (Phi) is 40.4. The molecule has 1 amide bonds. The first-order valence-electron chi connectivity index (χ1n) is 22.5. The number of rotatable bonds is 38. The summed E-state index contributed by atoms with van der Waals surface area (Å²) in [4.78, 5) is 25.9. The van der Waals surface area contributed by atoms with E-state index in [0.29, 0.717) is 19.3 Å². The molecule has 0 radical (unpaired) electrons. The smallest absolute Gasteiger partial charge is 0.306 e. The number of ether oxygens (including phenoxy) is 1. The third kappa shape index (κ3) is 37.7. The summed E-state index contributed by atoms with van der Waals surface area (Å²) < 4.78 is 5.83. The Morgan fingerprint density at radius 3 is 1.62 bits per heavy atom. The molecule has 0 aromatic heterocycles. The molecule has 0 spiro atoms. The molecular formula is C50H83NO5. The number of unbranched alkanes of at least 4 members (excludes halogenated alkanes) is 12. The second-order valence-corrected chi connectivity index (χ2v) is 14.7. The summed E-state index contributed by atoms with van der Waals surface area (Å²) in [6.07, 6.45) is 56.2. The molecule has 0 aliphatic rings. The number of nitrogens with one attached hydrogen (secondary N) is 1. The lowest BCUT2D eigenvalue weighted by Crippen LogP contribution is -2.46. The molecule has 56 heavy (non-hydrogen) atoms. The Labute approximate surface area is 344 Å². The third-order valence-electron chi connectivity index (χ3n) is 9.48. The van der Waals surface area contributed by atoms with E-state index < -0.39 is 18.2 Å². The minimum absolute atomic E-state index is 0.0187. The number of aliphatic hydroxyl groups excluding tert-OH is 2. The van der Waals surface area contributed by atoms with Crippen molar-refractivity contribution in [1.82, 2.24) is 5.32 Å². The lowest BCUT2D eigenvalue weighted by atomic mass is 10.0. The molecule has 6 heteroatoms. The fourth-order valence-electron chi connectivity index (χ4n) is 6.12. The van der Waals surface area contributed by atoms with Gasteiger partial charge in [-0.3, -0.25) is 9.59 Å². The van der Waals surface area contributed by atoms with Crippen LogP contribution in [0.1, 0.15) is 181 Å². The van der Waals surface area contributed by atoms with Crippen LogP contribution in [0.15, 0.2) is 97.2 Å². The highest BCUT2D eigenvalue weighted by Crippen LogP contribution is 2.16. The van der Waals surface area contributed by atoms with Crippen LogP contribution in [0.5, 0.6) is 0 Å². The Bertz CT molecular complexity index is 1140. The van der Waals surface area contributed by atoms with Crippen LogP contribution in [-0.4, -0.2) is 46.9 Å². The molecule has 0 saturated heterocycles. The minimum Gasteiger partial charge on any atom is -0.462 e. The van der Waals surface area contributed by atoms with E-state index in [1.54, 1.807) is 0 Å². The first-order chi connectivity index (χ1) is 27.5.